The molecule has 1 atom stereocenters. The number of hydrogen-bond acceptors (Lipinski definition) is 3. The fourth-order valence-corrected chi connectivity index (χ4v) is 2.53. The summed E-state index contributed by atoms with van der Waals surface area (Å²) in [5, 5.41) is 2.75. The van der Waals surface area contributed by atoms with E-state index in [0.29, 0.717) is 6.04 Å². The molecule has 0 saturated carbocycles. The van der Waals surface area contributed by atoms with Gasteiger partial charge in [-0.3, -0.25) is 9.69 Å². The summed E-state index contributed by atoms with van der Waals surface area (Å²) in [5.74, 6) is -0.155. The first kappa shape index (κ1) is 20.2. The summed E-state index contributed by atoms with van der Waals surface area (Å²) in [6.45, 7) is 4.50. The third kappa shape index (κ3) is 6.22. The van der Waals surface area contributed by atoms with Crippen LogP contribution in [0.25, 0.3) is 0 Å². The number of amides is 1. The van der Waals surface area contributed by atoms with E-state index in [-0.39, 0.29) is 37.3 Å². The maximum Gasteiger partial charge on any atom is 0.238 e. The van der Waals surface area contributed by atoms with Gasteiger partial charge in [-0.1, -0.05) is 18.6 Å². The molecule has 1 amide bonds. The lowest BCUT2D eigenvalue weighted by molar-refractivity contribution is -0.114. The van der Waals surface area contributed by atoms with Crippen LogP contribution >= 0.6 is 24.8 Å². The highest BCUT2D eigenvalue weighted by Crippen LogP contribution is 2.19. The first-order chi connectivity index (χ1) is 9.19. The van der Waals surface area contributed by atoms with Gasteiger partial charge in [0.2, 0.25) is 5.91 Å². The molecule has 0 radical (unpaired) electrons. The second kappa shape index (κ2) is 10.0. The average molecular weight is 334 g/mol. The van der Waals surface area contributed by atoms with E-state index < -0.39 is 0 Å². The van der Waals surface area contributed by atoms with Gasteiger partial charge in [0.15, 0.2) is 0 Å². The van der Waals surface area contributed by atoms with Crippen LogP contribution in [0.5, 0.6) is 0 Å². The molecule has 0 bridgehead atoms. The second-order valence-electron chi connectivity index (χ2n) is 5.26. The lowest BCUT2D eigenvalue weighted by atomic mass is 10.0. The number of nitrogens with two attached hydrogens (primary N) is 1. The van der Waals surface area contributed by atoms with Crippen LogP contribution in [-0.2, 0) is 11.3 Å². The molecule has 2 rings (SSSR count). The number of rotatable bonds is 4. The van der Waals surface area contributed by atoms with E-state index in [2.05, 4.69) is 29.3 Å². The number of piperidine rings is 1. The van der Waals surface area contributed by atoms with E-state index in [1.54, 1.807) is 0 Å². The van der Waals surface area contributed by atoms with Crippen molar-refractivity contribution >= 4 is 36.4 Å². The number of carbonyl (C=O) groups is 1. The molecular formula is C15H25Cl2N3O. The number of nitrogens with zero attached hydrogens (tertiary/aromatic N) is 1. The molecule has 0 aromatic heterocycles. The standard InChI is InChI=1S/C15H23N3O.2ClH/c1-12-4-2-3-9-18(12)11-13-5-7-14(8-6-13)17-15(19)10-16;;/h5-8,12H,2-4,9-11,16H2,1H3,(H,17,19);2*1H. The zero-order valence-corrected chi connectivity index (χ0v) is 14.0. The molecule has 4 nitrogen and oxygen atoms in total. The molecule has 3 N–H and O–H groups in total. The van der Waals surface area contributed by atoms with E-state index in [1.807, 2.05) is 12.1 Å². The first-order valence-corrected chi connectivity index (χ1v) is 7.02. The molecular weight excluding hydrogens is 309 g/mol. The number of halogens is 2. The number of hydrogen-bond donors (Lipinski definition) is 2. The summed E-state index contributed by atoms with van der Waals surface area (Å²) in [4.78, 5) is 13.7. The van der Waals surface area contributed by atoms with Gasteiger partial charge in [-0.05, 0) is 44.0 Å². The van der Waals surface area contributed by atoms with Crippen LogP contribution < -0.4 is 11.1 Å². The average Bonchev–Trinajstić information content (AvgIpc) is 2.43. The SMILES string of the molecule is CC1CCCCN1Cc1ccc(NC(=O)CN)cc1.Cl.Cl. The van der Waals surface area contributed by atoms with Crippen molar-refractivity contribution in [2.24, 2.45) is 5.73 Å². The molecule has 0 spiro atoms. The highest BCUT2D eigenvalue weighted by Gasteiger charge is 2.17. The lowest BCUT2D eigenvalue weighted by Crippen LogP contribution is -2.36. The summed E-state index contributed by atoms with van der Waals surface area (Å²) in [7, 11) is 0. The highest BCUT2D eigenvalue weighted by atomic mass is 35.5. The van der Waals surface area contributed by atoms with Crippen molar-refractivity contribution in [2.75, 3.05) is 18.4 Å². The van der Waals surface area contributed by atoms with Crippen molar-refractivity contribution in [3.63, 3.8) is 0 Å². The van der Waals surface area contributed by atoms with Crippen LogP contribution in [0.1, 0.15) is 31.7 Å². The Morgan fingerprint density at radius 2 is 1.95 bits per heavy atom. The van der Waals surface area contributed by atoms with Crippen molar-refractivity contribution in [3.8, 4) is 0 Å². The van der Waals surface area contributed by atoms with Crippen LogP contribution in [0.2, 0.25) is 0 Å². The Morgan fingerprint density at radius 3 is 2.52 bits per heavy atom. The second-order valence-corrected chi connectivity index (χ2v) is 5.26. The van der Waals surface area contributed by atoms with Crippen molar-refractivity contribution in [2.45, 2.75) is 38.8 Å². The maximum absolute atomic E-state index is 11.2. The van der Waals surface area contributed by atoms with Gasteiger partial charge >= 0.3 is 0 Å². The number of anilines is 1. The largest absolute Gasteiger partial charge is 0.325 e. The molecule has 1 heterocycles. The van der Waals surface area contributed by atoms with Gasteiger partial charge in [0.1, 0.15) is 0 Å². The molecule has 0 aliphatic carbocycles. The lowest BCUT2D eigenvalue weighted by Gasteiger charge is -2.33. The fraction of sp³-hybridized carbons (Fsp3) is 0.533. The van der Waals surface area contributed by atoms with E-state index >= 15 is 0 Å². The van der Waals surface area contributed by atoms with Gasteiger partial charge in [0, 0.05) is 18.3 Å². The van der Waals surface area contributed by atoms with Crippen LogP contribution in [0.3, 0.4) is 0 Å². The Hall–Kier alpha value is -0.810. The number of likely N-dealkylation sites (tertiary alicyclic amines) is 1. The Kier molecular flexibility index (Phi) is 9.62. The van der Waals surface area contributed by atoms with E-state index in [1.165, 1.54) is 31.4 Å². The van der Waals surface area contributed by atoms with Crippen molar-refractivity contribution in [3.05, 3.63) is 29.8 Å². The zero-order valence-electron chi connectivity index (χ0n) is 12.4. The van der Waals surface area contributed by atoms with Crippen molar-refractivity contribution in [1.82, 2.24) is 4.90 Å². The molecule has 1 unspecified atom stereocenters. The van der Waals surface area contributed by atoms with Gasteiger partial charge in [0.25, 0.3) is 0 Å². The smallest absolute Gasteiger partial charge is 0.238 e. The monoisotopic (exact) mass is 333 g/mol. The quantitative estimate of drug-likeness (QED) is 0.890. The zero-order chi connectivity index (χ0) is 13.7. The minimum Gasteiger partial charge on any atom is -0.325 e. The minimum absolute atomic E-state index is 0. The third-order valence-corrected chi connectivity index (χ3v) is 3.75. The van der Waals surface area contributed by atoms with Gasteiger partial charge < -0.3 is 11.1 Å². The number of carbonyl (C=O) groups excluding carboxylic acids is 1. The number of benzene rings is 1. The Labute approximate surface area is 139 Å². The summed E-state index contributed by atoms with van der Waals surface area (Å²) in [5.41, 5.74) is 7.37. The molecule has 1 aliphatic heterocycles. The van der Waals surface area contributed by atoms with Crippen LogP contribution in [0.4, 0.5) is 5.69 Å². The predicted molar refractivity (Wildman–Crippen MR) is 92.3 cm³/mol. The Bertz CT molecular complexity index is 425. The summed E-state index contributed by atoms with van der Waals surface area (Å²) >= 11 is 0. The third-order valence-electron chi connectivity index (χ3n) is 3.75. The highest BCUT2D eigenvalue weighted by molar-refractivity contribution is 5.92. The summed E-state index contributed by atoms with van der Waals surface area (Å²) in [6.07, 6.45) is 3.95. The Balaban J connectivity index is 0.00000200. The minimum atomic E-state index is -0.155. The van der Waals surface area contributed by atoms with Gasteiger partial charge in [-0.2, -0.15) is 0 Å². The molecule has 1 aliphatic rings. The maximum atomic E-state index is 11.2. The van der Waals surface area contributed by atoms with E-state index in [0.717, 1.165) is 12.2 Å². The van der Waals surface area contributed by atoms with Crippen molar-refractivity contribution in [1.29, 1.82) is 0 Å². The predicted octanol–water partition coefficient (Wildman–Crippen LogP) is 2.80. The topological polar surface area (TPSA) is 58.4 Å². The van der Waals surface area contributed by atoms with Crippen molar-refractivity contribution < 1.29 is 4.79 Å². The van der Waals surface area contributed by atoms with Crippen LogP contribution in [0.15, 0.2) is 24.3 Å². The number of nitrogens with one attached hydrogen (secondary N) is 1. The molecule has 1 fully saturated rings. The van der Waals surface area contributed by atoms with Gasteiger partial charge in [-0.15, -0.1) is 24.8 Å². The van der Waals surface area contributed by atoms with Gasteiger partial charge in [0.05, 0.1) is 6.54 Å². The molecule has 21 heavy (non-hydrogen) atoms. The molecule has 1 aromatic rings. The Morgan fingerprint density at radius 1 is 1.29 bits per heavy atom. The van der Waals surface area contributed by atoms with Crippen LogP contribution in [0, 0.1) is 0 Å². The fourth-order valence-electron chi connectivity index (χ4n) is 2.53. The molecule has 120 valence electrons. The van der Waals surface area contributed by atoms with E-state index in [9.17, 15) is 4.79 Å². The molecule has 6 heteroatoms. The normalized spacial score (nSPS) is 18.3. The van der Waals surface area contributed by atoms with E-state index in [4.69, 9.17) is 5.73 Å². The first-order valence-electron chi connectivity index (χ1n) is 7.02. The van der Waals surface area contributed by atoms with Crippen LogP contribution in [-0.4, -0.2) is 29.9 Å². The summed E-state index contributed by atoms with van der Waals surface area (Å²) < 4.78 is 0. The molecule has 1 saturated heterocycles. The van der Waals surface area contributed by atoms with Gasteiger partial charge in [-0.25, -0.2) is 0 Å². The summed E-state index contributed by atoms with van der Waals surface area (Å²) in [6, 6.07) is 8.71. The molecule has 1 aromatic carbocycles.